The average molecular weight is 449 g/mol. The largest absolute Gasteiger partial charge is 0.340 e. The van der Waals surface area contributed by atoms with E-state index in [0.29, 0.717) is 36.4 Å². The minimum Gasteiger partial charge on any atom is -0.340 e. The SMILES string of the molecule is CS(=O)(=O)N1CCc2cc(Nc3nc(-c4cncnc4)cc4cc[nH]c(=O)c34)ccc2C1. The Bertz CT molecular complexity index is 1490. The second-order valence-corrected chi connectivity index (χ2v) is 9.69. The molecule has 2 N–H and O–H groups in total. The van der Waals surface area contributed by atoms with E-state index in [-0.39, 0.29) is 5.56 Å². The maximum atomic E-state index is 12.6. The molecule has 1 aromatic carbocycles. The number of aromatic nitrogens is 4. The molecule has 0 saturated heterocycles. The van der Waals surface area contributed by atoms with Crippen LogP contribution in [0.15, 0.2) is 60.0 Å². The zero-order chi connectivity index (χ0) is 22.3. The molecule has 3 aromatic heterocycles. The molecule has 5 rings (SSSR count). The molecular weight excluding hydrogens is 428 g/mol. The van der Waals surface area contributed by atoms with Crippen molar-refractivity contribution in [3.63, 3.8) is 0 Å². The van der Waals surface area contributed by atoms with Crippen LogP contribution >= 0.6 is 0 Å². The number of aromatic amines is 1. The number of nitrogens with one attached hydrogen (secondary N) is 2. The zero-order valence-electron chi connectivity index (χ0n) is 17.2. The molecule has 0 radical (unpaired) electrons. The van der Waals surface area contributed by atoms with Crippen LogP contribution in [-0.2, 0) is 23.0 Å². The maximum Gasteiger partial charge on any atom is 0.259 e. The molecule has 0 atom stereocenters. The van der Waals surface area contributed by atoms with E-state index in [2.05, 4.69) is 25.3 Å². The van der Waals surface area contributed by atoms with Crippen LogP contribution in [0.2, 0.25) is 0 Å². The minimum absolute atomic E-state index is 0.241. The number of hydrogen-bond acceptors (Lipinski definition) is 7. The Balaban J connectivity index is 1.55. The lowest BCUT2D eigenvalue weighted by Crippen LogP contribution is -2.35. The van der Waals surface area contributed by atoms with Gasteiger partial charge in [-0.3, -0.25) is 4.79 Å². The molecule has 32 heavy (non-hydrogen) atoms. The van der Waals surface area contributed by atoms with E-state index in [1.165, 1.54) is 16.9 Å². The highest BCUT2D eigenvalue weighted by atomic mass is 32.2. The van der Waals surface area contributed by atoms with E-state index in [1.807, 2.05) is 30.3 Å². The predicted molar refractivity (Wildman–Crippen MR) is 122 cm³/mol. The second-order valence-electron chi connectivity index (χ2n) is 7.71. The van der Waals surface area contributed by atoms with Gasteiger partial charge in [0.2, 0.25) is 10.0 Å². The third kappa shape index (κ3) is 3.85. The molecule has 9 nitrogen and oxygen atoms in total. The molecule has 162 valence electrons. The molecule has 0 amide bonds. The molecule has 1 aliphatic heterocycles. The van der Waals surface area contributed by atoms with Crippen LogP contribution in [-0.4, -0.2) is 45.5 Å². The summed E-state index contributed by atoms with van der Waals surface area (Å²) in [6.07, 6.45) is 8.24. The van der Waals surface area contributed by atoms with Gasteiger partial charge in [-0.2, -0.15) is 4.31 Å². The topological polar surface area (TPSA) is 121 Å². The number of sulfonamides is 1. The first-order valence-electron chi connectivity index (χ1n) is 10.0. The van der Waals surface area contributed by atoms with E-state index in [1.54, 1.807) is 18.6 Å². The number of rotatable bonds is 4. The van der Waals surface area contributed by atoms with Gasteiger partial charge in [0.05, 0.1) is 17.3 Å². The van der Waals surface area contributed by atoms with E-state index in [4.69, 9.17) is 0 Å². The first kappa shape index (κ1) is 20.3. The first-order chi connectivity index (χ1) is 15.4. The van der Waals surface area contributed by atoms with Crippen molar-refractivity contribution in [1.82, 2.24) is 24.2 Å². The number of benzene rings is 1. The van der Waals surface area contributed by atoms with Gasteiger partial charge < -0.3 is 10.3 Å². The van der Waals surface area contributed by atoms with Crippen molar-refractivity contribution in [2.75, 3.05) is 18.1 Å². The van der Waals surface area contributed by atoms with Gasteiger partial charge in [0.1, 0.15) is 12.1 Å². The van der Waals surface area contributed by atoms with E-state index in [9.17, 15) is 13.2 Å². The molecule has 0 saturated carbocycles. The molecule has 0 unspecified atom stereocenters. The van der Waals surface area contributed by atoms with E-state index < -0.39 is 10.0 Å². The van der Waals surface area contributed by atoms with Crippen LogP contribution in [0.1, 0.15) is 11.1 Å². The predicted octanol–water partition coefficient (Wildman–Crippen LogP) is 2.44. The molecule has 0 spiro atoms. The summed E-state index contributed by atoms with van der Waals surface area (Å²) in [5.41, 5.74) is 3.96. The van der Waals surface area contributed by atoms with Crippen LogP contribution < -0.4 is 10.9 Å². The summed E-state index contributed by atoms with van der Waals surface area (Å²) in [5, 5.41) is 4.48. The molecule has 0 aliphatic carbocycles. The number of nitrogens with zero attached hydrogens (tertiary/aromatic N) is 4. The Morgan fingerprint density at radius 1 is 1.09 bits per heavy atom. The lowest BCUT2D eigenvalue weighted by molar-refractivity contribution is 0.395. The fourth-order valence-corrected chi connectivity index (χ4v) is 4.71. The quantitative estimate of drug-likeness (QED) is 0.492. The van der Waals surface area contributed by atoms with Gasteiger partial charge in [0, 0.05) is 42.9 Å². The average Bonchev–Trinajstić information content (AvgIpc) is 2.78. The van der Waals surface area contributed by atoms with Gasteiger partial charge in [-0.25, -0.2) is 23.4 Å². The summed E-state index contributed by atoms with van der Waals surface area (Å²) >= 11 is 0. The number of anilines is 2. The smallest absolute Gasteiger partial charge is 0.259 e. The van der Waals surface area contributed by atoms with Crippen molar-refractivity contribution < 1.29 is 8.42 Å². The van der Waals surface area contributed by atoms with Crippen molar-refractivity contribution in [3.8, 4) is 11.3 Å². The first-order valence-corrected chi connectivity index (χ1v) is 11.8. The molecular formula is C22H20N6O3S. The maximum absolute atomic E-state index is 12.6. The molecule has 10 heteroatoms. The van der Waals surface area contributed by atoms with E-state index in [0.717, 1.165) is 27.8 Å². The van der Waals surface area contributed by atoms with Crippen molar-refractivity contribution in [2.45, 2.75) is 13.0 Å². The monoisotopic (exact) mass is 448 g/mol. The summed E-state index contributed by atoms with van der Waals surface area (Å²) in [4.78, 5) is 28.1. The van der Waals surface area contributed by atoms with Crippen molar-refractivity contribution in [3.05, 3.63) is 76.7 Å². The lowest BCUT2D eigenvalue weighted by atomic mass is 10.0. The molecule has 4 heterocycles. The summed E-state index contributed by atoms with van der Waals surface area (Å²) in [5.74, 6) is 0.428. The fraction of sp³-hybridized carbons (Fsp3) is 0.182. The Hall–Kier alpha value is -3.63. The number of H-pyrrole nitrogens is 1. The highest BCUT2D eigenvalue weighted by Crippen LogP contribution is 2.29. The van der Waals surface area contributed by atoms with Gasteiger partial charge in [-0.15, -0.1) is 0 Å². The Kier molecular flexibility index (Phi) is 4.95. The van der Waals surface area contributed by atoms with Gasteiger partial charge in [-0.1, -0.05) is 6.07 Å². The summed E-state index contributed by atoms with van der Waals surface area (Å²) in [6.45, 7) is 0.804. The highest BCUT2D eigenvalue weighted by molar-refractivity contribution is 7.88. The van der Waals surface area contributed by atoms with Gasteiger partial charge in [0.15, 0.2) is 0 Å². The number of hydrogen-bond donors (Lipinski definition) is 2. The summed E-state index contributed by atoms with van der Waals surface area (Å²) in [7, 11) is -3.23. The molecule has 4 aromatic rings. The molecule has 1 aliphatic rings. The van der Waals surface area contributed by atoms with E-state index >= 15 is 0 Å². The summed E-state index contributed by atoms with van der Waals surface area (Å²) in [6, 6.07) is 9.42. The Morgan fingerprint density at radius 3 is 2.69 bits per heavy atom. The Morgan fingerprint density at radius 2 is 1.91 bits per heavy atom. The van der Waals surface area contributed by atoms with Crippen LogP contribution in [0, 0.1) is 0 Å². The van der Waals surface area contributed by atoms with Gasteiger partial charge in [0.25, 0.3) is 5.56 Å². The van der Waals surface area contributed by atoms with Crippen LogP contribution in [0.4, 0.5) is 11.5 Å². The summed E-state index contributed by atoms with van der Waals surface area (Å²) < 4.78 is 25.2. The lowest BCUT2D eigenvalue weighted by Gasteiger charge is -2.27. The van der Waals surface area contributed by atoms with Crippen LogP contribution in [0.5, 0.6) is 0 Å². The van der Waals surface area contributed by atoms with Gasteiger partial charge in [-0.05, 0) is 47.2 Å². The normalized spacial score (nSPS) is 14.3. The van der Waals surface area contributed by atoms with Crippen molar-refractivity contribution >= 4 is 32.3 Å². The standard InChI is InChI=1S/C22H20N6O3S/c1-32(30,31)28-7-5-14-8-18(3-2-16(14)12-28)26-21-20-15(4-6-25-22(20)29)9-19(27-21)17-10-23-13-24-11-17/h2-4,6,8-11,13H,5,7,12H2,1H3,(H,25,29)(H,26,27). The van der Waals surface area contributed by atoms with Crippen molar-refractivity contribution in [1.29, 1.82) is 0 Å². The number of fused-ring (bicyclic) bond motifs is 2. The number of pyridine rings is 2. The van der Waals surface area contributed by atoms with Gasteiger partial charge >= 0.3 is 0 Å². The second kappa shape index (κ2) is 7.81. The Labute approximate surface area is 184 Å². The highest BCUT2D eigenvalue weighted by Gasteiger charge is 2.23. The minimum atomic E-state index is -3.23. The molecule has 0 bridgehead atoms. The van der Waals surface area contributed by atoms with Crippen LogP contribution in [0.25, 0.3) is 22.0 Å². The van der Waals surface area contributed by atoms with Crippen molar-refractivity contribution in [2.24, 2.45) is 0 Å². The third-order valence-corrected chi connectivity index (χ3v) is 6.78. The zero-order valence-corrected chi connectivity index (χ0v) is 18.1. The molecule has 0 fully saturated rings. The van der Waals surface area contributed by atoms with Crippen LogP contribution in [0.3, 0.4) is 0 Å². The third-order valence-electron chi connectivity index (χ3n) is 5.53. The fourth-order valence-electron chi connectivity index (χ4n) is 3.91.